The molecule has 0 radical (unpaired) electrons. The Morgan fingerprint density at radius 1 is 0.944 bits per heavy atom. The maximum Gasteiger partial charge on any atom is 0.0603 e. The molecule has 0 aromatic heterocycles. The normalized spacial score (nSPS) is 10.6. The number of thioether (sulfide) groups is 1. The van der Waals surface area contributed by atoms with Gasteiger partial charge in [0.1, 0.15) is 0 Å². The molecule has 0 heterocycles. The summed E-state index contributed by atoms with van der Waals surface area (Å²) in [6, 6.07) is 11.0. The van der Waals surface area contributed by atoms with Gasteiger partial charge in [-0.3, -0.25) is 0 Å². The molecule has 2 N–H and O–H groups in total. The number of rotatable bonds is 3. The van der Waals surface area contributed by atoms with Gasteiger partial charge in [0.2, 0.25) is 0 Å². The fraction of sp³-hybridized carbons (Fsp3) is 0.0769. The summed E-state index contributed by atoms with van der Waals surface area (Å²) >= 11 is 19.4. The van der Waals surface area contributed by atoms with Gasteiger partial charge in [0.05, 0.1) is 10.0 Å². The number of anilines is 1. The van der Waals surface area contributed by atoms with Crippen LogP contribution in [0.1, 0.15) is 5.56 Å². The van der Waals surface area contributed by atoms with Gasteiger partial charge in [0, 0.05) is 21.4 Å². The maximum absolute atomic E-state index is 5.96. The first-order valence-electron chi connectivity index (χ1n) is 5.18. The number of nitrogen functional groups attached to an aromatic ring is 1. The van der Waals surface area contributed by atoms with E-state index in [1.54, 1.807) is 23.9 Å². The Labute approximate surface area is 125 Å². The monoisotopic (exact) mass is 317 g/mol. The van der Waals surface area contributed by atoms with Crippen LogP contribution in [0.2, 0.25) is 15.1 Å². The van der Waals surface area contributed by atoms with Gasteiger partial charge >= 0.3 is 0 Å². The standard InChI is InChI=1S/C13H10Cl3NS/c14-9-1-4-13(17)8(5-9)7-18-10-2-3-11(15)12(16)6-10/h1-6H,7,17H2. The molecule has 0 saturated heterocycles. The molecular weight excluding hydrogens is 309 g/mol. The van der Waals surface area contributed by atoms with E-state index in [4.69, 9.17) is 40.5 Å². The van der Waals surface area contributed by atoms with Crippen molar-refractivity contribution in [2.75, 3.05) is 5.73 Å². The summed E-state index contributed by atoms with van der Waals surface area (Å²) in [5.74, 6) is 0.740. The number of benzene rings is 2. The van der Waals surface area contributed by atoms with Crippen LogP contribution in [0.25, 0.3) is 0 Å². The van der Waals surface area contributed by atoms with Crippen LogP contribution >= 0.6 is 46.6 Å². The molecule has 0 unspecified atom stereocenters. The van der Waals surface area contributed by atoms with Crippen molar-refractivity contribution in [3.63, 3.8) is 0 Å². The topological polar surface area (TPSA) is 26.0 Å². The molecule has 18 heavy (non-hydrogen) atoms. The van der Waals surface area contributed by atoms with Crippen LogP contribution in [0, 0.1) is 0 Å². The van der Waals surface area contributed by atoms with Gasteiger partial charge in [-0.1, -0.05) is 34.8 Å². The molecule has 0 saturated carbocycles. The van der Waals surface area contributed by atoms with Crippen molar-refractivity contribution in [3.05, 3.63) is 57.0 Å². The minimum absolute atomic E-state index is 0.556. The Hall–Kier alpha value is -0.540. The molecular formula is C13H10Cl3NS. The highest BCUT2D eigenvalue weighted by molar-refractivity contribution is 7.98. The third kappa shape index (κ3) is 3.48. The van der Waals surface area contributed by atoms with E-state index in [2.05, 4.69) is 0 Å². The van der Waals surface area contributed by atoms with Crippen molar-refractivity contribution in [1.29, 1.82) is 0 Å². The van der Waals surface area contributed by atoms with Crippen LogP contribution in [-0.4, -0.2) is 0 Å². The second kappa shape index (κ2) is 6.07. The van der Waals surface area contributed by atoms with Crippen LogP contribution in [-0.2, 0) is 5.75 Å². The van der Waals surface area contributed by atoms with Gasteiger partial charge in [-0.05, 0) is 42.0 Å². The Bertz CT molecular complexity index is 572. The van der Waals surface area contributed by atoms with E-state index in [1.807, 2.05) is 24.3 Å². The Kier molecular flexibility index (Phi) is 4.68. The lowest BCUT2D eigenvalue weighted by molar-refractivity contribution is 1.38. The molecule has 0 atom stereocenters. The SMILES string of the molecule is Nc1ccc(Cl)cc1CSc1ccc(Cl)c(Cl)c1. The molecule has 0 aliphatic rings. The lowest BCUT2D eigenvalue weighted by Gasteiger charge is -2.07. The molecule has 2 aromatic rings. The summed E-state index contributed by atoms with van der Waals surface area (Å²) in [4.78, 5) is 1.05. The van der Waals surface area contributed by atoms with Crippen molar-refractivity contribution in [3.8, 4) is 0 Å². The minimum Gasteiger partial charge on any atom is -0.398 e. The molecule has 0 amide bonds. The van der Waals surface area contributed by atoms with Crippen molar-refractivity contribution in [1.82, 2.24) is 0 Å². The van der Waals surface area contributed by atoms with E-state index in [0.29, 0.717) is 15.1 Å². The van der Waals surface area contributed by atoms with E-state index < -0.39 is 0 Å². The van der Waals surface area contributed by atoms with Gasteiger partial charge < -0.3 is 5.73 Å². The van der Waals surface area contributed by atoms with Crippen molar-refractivity contribution in [2.45, 2.75) is 10.6 Å². The van der Waals surface area contributed by atoms with Crippen LogP contribution in [0.3, 0.4) is 0 Å². The molecule has 5 heteroatoms. The van der Waals surface area contributed by atoms with Gasteiger partial charge in [-0.15, -0.1) is 11.8 Å². The average Bonchev–Trinajstić information content (AvgIpc) is 2.34. The van der Waals surface area contributed by atoms with Gasteiger partial charge in [-0.25, -0.2) is 0 Å². The maximum atomic E-state index is 5.96. The van der Waals surface area contributed by atoms with Crippen molar-refractivity contribution < 1.29 is 0 Å². The molecule has 0 spiro atoms. The minimum atomic E-state index is 0.556. The zero-order valence-corrected chi connectivity index (χ0v) is 12.4. The molecule has 0 fully saturated rings. The molecule has 2 aromatic carbocycles. The first-order valence-corrected chi connectivity index (χ1v) is 7.30. The first kappa shape index (κ1) is 13.9. The largest absolute Gasteiger partial charge is 0.398 e. The van der Waals surface area contributed by atoms with Gasteiger partial charge in [0.25, 0.3) is 0 Å². The van der Waals surface area contributed by atoms with Crippen LogP contribution < -0.4 is 5.73 Å². The molecule has 0 aliphatic heterocycles. The number of halogens is 3. The summed E-state index contributed by atoms with van der Waals surface area (Å²) in [5, 5.41) is 1.80. The number of hydrogen-bond acceptors (Lipinski definition) is 2. The highest BCUT2D eigenvalue weighted by atomic mass is 35.5. The quantitative estimate of drug-likeness (QED) is 0.595. The van der Waals surface area contributed by atoms with Gasteiger partial charge in [0.15, 0.2) is 0 Å². The van der Waals surface area contributed by atoms with E-state index in [9.17, 15) is 0 Å². The van der Waals surface area contributed by atoms with Crippen molar-refractivity contribution >= 4 is 52.3 Å². The van der Waals surface area contributed by atoms with Crippen LogP contribution in [0.15, 0.2) is 41.3 Å². The number of hydrogen-bond donors (Lipinski definition) is 1. The average molecular weight is 319 g/mol. The zero-order chi connectivity index (χ0) is 13.1. The molecule has 2 rings (SSSR count). The molecule has 94 valence electrons. The van der Waals surface area contributed by atoms with E-state index in [0.717, 1.165) is 21.9 Å². The fourth-order valence-electron chi connectivity index (χ4n) is 1.43. The Balaban J connectivity index is 2.11. The summed E-state index contributed by atoms with van der Waals surface area (Å²) in [6.45, 7) is 0. The van der Waals surface area contributed by atoms with Crippen LogP contribution in [0.4, 0.5) is 5.69 Å². The van der Waals surface area contributed by atoms with Crippen LogP contribution in [0.5, 0.6) is 0 Å². The second-order valence-electron chi connectivity index (χ2n) is 3.71. The lowest BCUT2D eigenvalue weighted by Crippen LogP contribution is -1.92. The van der Waals surface area contributed by atoms with Crippen molar-refractivity contribution in [2.24, 2.45) is 0 Å². The highest BCUT2D eigenvalue weighted by Crippen LogP contribution is 2.31. The molecule has 0 bridgehead atoms. The smallest absolute Gasteiger partial charge is 0.0603 e. The fourth-order valence-corrected chi connectivity index (χ4v) is 2.92. The van der Waals surface area contributed by atoms with E-state index >= 15 is 0 Å². The predicted octanol–water partition coefficient (Wildman–Crippen LogP) is 5.52. The zero-order valence-electron chi connectivity index (χ0n) is 9.29. The number of nitrogens with two attached hydrogens (primary N) is 1. The third-order valence-electron chi connectivity index (χ3n) is 2.39. The summed E-state index contributed by atoms with van der Waals surface area (Å²) in [5.41, 5.74) is 7.64. The molecule has 0 aliphatic carbocycles. The van der Waals surface area contributed by atoms with Gasteiger partial charge in [-0.2, -0.15) is 0 Å². The first-order chi connectivity index (χ1) is 8.56. The summed E-state index contributed by atoms with van der Waals surface area (Å²) in [6.07, 6.45) is 0. The summed E-state index contributed by atoms with van der Waals surface area (Å²) < 4.78 is 0. The highest BCUT2D eigenvalue weighted by Gasteiger charge is 2.04. The Morgan fingerprint density at radius 2 is 1.72 bits per heavy atom. The second-order valence-corrected chi connectivity index (χ2v) is 6.01. The third-order valence-corrected chi connectivity index (χ3v) is 4.41. The van der Waals surface area contributed by atoms with E-state index in [1.165, 1.54) is 0 Å². The predicted molar refractivity (Wildman–Crippen MR) is 81.9 cm³/mol. The summed E-state index contributed by atoms with van der Waals surface area (Å²) in [7, 11) is 0. The Morgan fingerprint density at radius 3 is 2.44 bits per heavy atom. The molecule has 1 nitrogen and oxygen atoms in total. The lowest BCUT2D eigenvalue weighted by atomic mass is 10.2. The van der Waals surface area contributed by atoms with E-state index in [-0.39, 0.29) is 0 Å².